The molecule has 0 aliphatic rings. The number of anilines is 1. The van der Waals surface area contributed by atoms with Gasteiger partial charge in [0.2, 0.25) is 0 Å². The predicted molar refractivity (Wildman–Crippen MR) is 100 cm³/mol. The number of aryl methyl sites for hydroxylation is 1. The van der Waals surface area contributed by atoms with Crippen LogP contribution in [0.3, 0.4) is 0 Å². The first-order valence-corrected chi connectivity index (χ1v) is 8.88. The monoisotopic (exact) mass is 373 g/mol. The standard InChI is InChI=1S/C18H19N3O4S/c1-5-25-11-6-7-12-13(8-11)26-18(20-12)21-16(22)15-9(2)14(10(3)19-15)17(23)24-4/h6-8,19H,5H2,1-4H3,(H,20,21,22). The van der Waals surface area contributed by atoms with E-state index >= 15 is 0 Å². The van der Waals surface area contributed by atoms with Gasteiger partial charge in [0, 0.05) is 5.69 Å². The third-order valence-corrected chi connectivity index (χ3v) is 4.88. The van der Waals surface area contributed by atoms with Crippen LogP contribution >= 0.6 is 11.3 Å². The van der Waals surface area contributed by atoms with Crippen molar-refractivity contribution < 1.29 is 19.1 Å². The summed E-state index contributed by atoms with van der Waals surface area (Å²) in [7, 11) is 1.31. The molecular weight excluding hydrogens is 354 g/mol. The number of nitrogens with zero attached hydrogens (tertiary/aromatic N) is 1. The number of esters is 1. The quantitative estimate of drug-likeness (QED) is 0.666. The molecule has 0 saturated carbocycles. The Hall–Kier alpha value is -2.87. The largest absolute Gasteiger partial charge is 0.494 e. The van der Waals surface area contributed by atoms with Crippen LogP contribution in [0.4, 0.5) is 5.13 Å². The van der Waals surface area contributed by atoms with Crippen LogP contribution in [0.1, 0.15) is 39.0 Å². The molecule has 2 heterocycles. The highest BCUT2D eigenvalue weighted by molar-refractivity contribution is 7.22. The first-order valence-electron chi connectivity index (χ1n) is 8.06. The van der Waals surface area contributed by atoms with Crippen molar-refractivity contribution in [3.8, 4) is 5.75 Å². The van der Waals surface area contributed by atoms with E-state index in [1.807, 2.05) is 25.1 Å². The molecule has 0 aliphatic heterocycles. The zero-order valence-corrected chi connectivity index (χ0v) is 15.7. The van der Waals surface area contributed by atoms with Crippen LogP contribution in [-0.2, 0) is 4.74 Å². The van der Waals surface area contributed by atoms with Crippen LogP contribution in [0.2, 0.25) is 0 Å². The van der Waals surface area contributed by atoms with Crippen LogP contribution in [-0.4, -0.2) is 35.6 Å². The van der Waals surface area contributed by atoms with Gasteiger partial charge in [-0.1, -0.05) is 11.3 Å². The number of thiazole rings is 1. The fraction of sp³-hybridized carbons (Fsp3) is 0.278. The molecule has 0 radical (unpaired) electrons. The molecule has 1 amide bonds. The SMILES string of the molecule is CCOc1ccc2nc(NC(=O)c3[nH]c(C)c(C(=O)OC)c3C)sc2c1. The van der Waals surface area contributed by atoms with E-state index in [0.29, 0.717) is 34.3 Å². The second kappa shape index (κ2) is 7.17. The van der Waals surface area contributed by atoms with Gasteiger partial charge in [-0.15, -0.1) is 0 Å². The van der Waals surface area contributed by atoms with E-state index in [0.717, 1.165) is 16.0 Å². The Kier molecular flexibility index (Phi) is 4.94. The third kappa shape index (κ3) is 3.28. The molecule has 0 spiro atoms. The van der Waals surface area contributed by atoms with E-state index in [4.69, 9.17) is 9.47 Å². The summed E-state index contributed by atoms with van der Waals surface area (Å²) in [6, 6.07) is 5.59. The molecule has 1 aromatic carbocycles. The summed E-state index contributed by atoms with van der Waals surface area (Å²) in [4.78, 5) is 31.8. The Labute approximate surface area is 154 Å². The smallest absolute Gasteiger partial charge is 0.339 e. The number of ether oxygens (including phenoxy) is 2. The zero-order chi connectivity index (χ0) is 18.8. The second-order valence-electron chi connectivity index (χ2n) is 5.65. The number of benzene rings is 1. The molecule has 3 aromatic rings. The number of H-pyrrole nitrogens is 1. The Morgan fingerprint density at radius 1 is 1.31 bits per heavy atom. The second-order valence-corrected chi connectivity index (χ2v) is 6.68. The third-order valence-electron chi connectivity index (χ3n) is 3.95. The average Bonchev–Trinajstić information content (AvgIpc) is 3.14. The molecule has 3 rings (SSSR count). The first kappa shape index (κ1) is 17.9. The maximum absolute atomic E-state index is 12.6. The number of hydrogen-bond acceptors (Lipinski definition) is 6. The number of amides is 1. The minimum atomic E-state index is -0.473. The van der Waals surface area contributed by atoms with Crippen LogP contribution in [0, 0.1) is 13.8 Å². The topological polar surface area (TPSA) is 93.3 Å². The van der Waals surface area contributed by atoms with E-state index in [1.165, 1.54) is 18.4 Å². The number of methoxy groups -OCH3 is 1. The molecule has 7 nitrogen and oxygen atoms in total. The maximum atomic E-state index is 12.6. The summed E-state index contributed by atoms with van der Waals surface area (Å²) in [5, 5.41) is 3.26. The molecule has 8 heteroatoms. The number of carbonyl (C=O) groups excluding carboxylic acids is 2. The van der Waals surface area contributed by atoms with E-state index in [9.17, 15) is 9.59 Å². The van der Waals surface area contributed by atoms with E-state index in [-0.39, 0.29) is 5.91 Å². The minimum Gasteiger partial charge on any atom is -0.494 e. The lowest BCUT2D eigenvalue weighted by atomic mass is 10.1. The number of aromatic amines is 1. The summed E-state index contributed by atoms with van der Waals surface area (Å²) < 4.78 is 11.2. The van der Waals surface area contributed by atoms with Crippen molar-refractivity contribution in [1.82, 2.24) is 9.97 Å². The van der Waals surface area contributed by atoms with Gasteiger partial charge in [-0.3, -0.25) is 10.1 Å². The van der Waals surface area contributed by atoms with Crippen molar-refractivity contribution in [3.63, 3.8) is 0 Å². The number of aromatic nitrogens is 2. The molecule has 0 aliphatic carbocycles. The summed E-state index contributed by atoms with van der Waals surface area (Å²) in [6.45, 7) is 5.94. The van der Waals surface area contributed by atoms with Crippen LogP contribution in [0.15, 0.2) is 18.2 Å². The molecule has 26 heavy (non-hydrogen) atoms. The van der Waals surface area contributed by atoms with E-state index < -0.39 is 5.97 Å². The van der Waals surface area contributed by atoms with Crippen molar-refractivity contribution in [3.05, 3.63) is 40.7 Å². The lowest BCUT2D eigenvalue weighted by Gasteiger charge is -2.01. The average molecular weight is 373 g/mol. The summed E-state index contributed by atoms with van der Waals surface area (Å²) in [5.74, 6) is -0.0661. The fourth-order valence-corrected chi connectivity index (χ4v) is 3.65. The minimum absolute atomic E-state index is 0.317. The zero-order valence-electron chi connectivity index (χ0n) is 14.9. The first-order chi connectivity index (χ1) is 12.4. The Morgan fingerprint density at radius 3 is 2.77 bits per heavy atom. The van der Waals surface area contributed by atoms with Gasteiger partial charge in [0.25, 0.3) is 5.91 Å². The van der Waals surface area contributed by atoms with Gasteiger partial charge in [0.05, 0.1) is 29.5 Å². The summed E-state index contributed by atoms with van der Waals surface area (Å²) >= 11 is 1.36. The molecule has 0 atom stereocenters. The molecular formula is C18H19N3O4S. The van der Waals surface area contributed by atoms with Crippen molar-refractivity contribution in [1.29, 1.82) is 0 Å². The number of hydrogen-bond donors (Lipinski definition) is 2. The highest BCUT2D eigenvalue weighted by Gasteiger charge is 2.23. The number of fused-ring (bicyclic) bond motifs is 1. The molecule has 136 valence electrons. The Bertz CT molecular complexity index is 990. The Morgan fingerprint density at radius 2 is 2.08 bits per heavy atom. The maximum Gasteiger partial charge on any atom is 0.339 e. The van der Waals surface area contributed by atoms with Gasteiger partial charge in [0.15, 0.2) is 5.13 Å². The highest BCUT2D eigenvalue weighted by atomic mass is 32.1. The predicted octanol–water partition coefficient (Wildman–Crippen LogP) is 3.68. The van der Waals surface area contributed by atoms with Gasteiger partial charge in [-0.05, 0) is 44.5 Å². The van der Waals surface area contributed by atoms with Crippen LogP contribution < -0.4 is 10.1 Å². The molecule has 0 bridgehead atoms. The van der Waals surface area contributed by atoms with Crippen LogP contribution in [0.25, 0.3) is 10.2 Å². The van der Waals surface area contributed by atoms with Crippen molar-refractivity contribution in [2.24, 2.45) is 0 Å². The normalized spacial score (nSPS) is 10.8. The summed E-state index contributed by atoms with van der Waals surface area (Å²) in [6.07, 6.45) is 0. The van der Waals surface area contributed by atoms with Gasteiger partial charge < -0.3 is 14.5 Å². The molecule has 2 N–H and O–H groups in total. The fourth-order valence-electron chi connectivity index (χ4n) is 2.76. The molecule has 0 fully saturated rings. The van der Waals surface area contributed by atoms with Gasteiger partial charge in [0.1, 0.15) is 11.4 Å². The van der Waals surface area contributed by atoms with E-state index in [2.05, 4.69) is 15.3 Å². The van der Waals surface area contributed by atoms with Crippen molar-refractivity contribution in [2.45, 2.75) is 20.8 Å². The molecule has 0 saturated heterocycles. The lowest BCUT2D eigenvalue weighted by molar-refractivity contribution is 0.0599. The highest BCUT2D eigenvalue weighted by Crippen LogP contribution is 2.30. The molecule has 0 unspecified atom stereocenters. The van der Waals surface area contributed by atoms with Gasteiger partial charge in [-0.2, -0.15) is 0 Å². The number of carbonyl (C=O) groups is 2. The van der Waals surface area contributed by atoms with Gasteiger partial charge >= 0.3 is 5.97 Å². The number of rotatable bonds is 5. The lowest BCUT2D eigenvalue weighted by Crippen LogP contribution is -2.14. The van der Waals surface area contributed by atoms with Crippen molar-refractivity contribution in [2.75, 3.05) is 19.0 Å². The van der Waals surface area contributed by atoms with Crippen LogP contribution in [0.5, 0.6) is 5.75 Å². The van der Waals surface area contributed by atoms with Gasteiger partial charge in [-0.25, -0.2) is 9.78 Å². The van der Waals surface area contributed by atoms with Crippen molar-refractivity contribution >= 4 is 38.6 Å². The Balaban J connectivity index is 1.86. The summed E-state index contributed by atoms with van der Waals surface area (Å²) in [5.41, 5.74) is 2.61. The number of nitrogens with one attached hydrogen (secondary N) is 2. The molecule has 2 aromatic heterocycles. The van der Waals surface area contributed by atoms with E-state index in [1.54, 1.807) is 13.8 Å².